The lowest BCUT2D eigenvalue weighted by molar-refractivity contribution is 0.0927. The van der Waals surface area contributed by atoms with Gasteiger partial charge in [-0.3, -0.25) is 0 Å². The molecular weight excluding hydrogens is 269 g/mol. The summed E-state index contributed by atoms with van der Waals surface area (Å²) in [7, 11) is 0. The molecular formula is C14H17Cl2NO. The van der Waals surface area contributed by atoms with Crippen LogP contribution in [0.25, 0.3) is 0 Å². The van der Waals surface area contributed by atoms with Gasteiger partial charge in [-0.15, -0.1) is 0 Å². The summed E-state index contributed by atoms with van der Waals surface area (Å²) in [6.45, 7) is 0. The zero-order valence-electron chi connectivity index (χ0n) is 10.2. The Morgan fingerprint density at radius 1 is 1.00 bits per heavy atom. The van der Waals surface area contributed by atoms with Crippen molar-refractivity contribution >= 4 is 23.2 Å². The maximum absolute atomic E-state index is 6.04. The van der Waals surface area contributed by atoms with E-state index in [1.54, 1.807) is 6.07 Å². The molecule has 4 heteroatoms. The van der Waals surface area contributed by atoms with Crippen molar-refractivity contribution in [3.05, 3.63) is 28.2 Å². The predicted molar refractivity (Wildman–Crippen MR) is 74.7 cm³/mol. The smallest absolute Gasteiger partial charge is 0.122 e. The van der Waals surface area contributed by atoms with E-state index in [2.05, 4.69) is 5.32 Å². The van der Waals surface area contributed by atoms with Gasteiger partial charge < -0.3 is 10.1 Å². The van der Waals surface area contributed by atoms with Crippen molar-refractivity contribution < 1.29 is 4.74 Å². The summed E-state index contributed by atoms with van der Waals surface area (Å²) in [5.74, 6) is 0.789. The van der Waals surface area contributed by atoms with Crippen molar-refractivity contribution in [3.8, 4) is 5.75 Å². The zero-order chi connectivity index (χ0) is 12.5. The highest BCUT2D eigenvalue weighted by molar-refractivity contribution is 6.34. The van der Waals surface area contributed by atoms with Gasteiger partial charge in [-0.2, -0.15) is 0 Å². The quantitative estimate of drug-likeness (QED) is 0.885. The van der Waals surface area contributed by atoms with Gasteiger partial charge in [0.25, 0.3) is 0 Å². The Balaban J connectivity index is 1.68. The maximum atomic E-state index is 6.04. The van der Waals surface area contributed by atoms with Gasteiger partial charge in [0.2, 0.25) is 0 Å². The minimum absolute atomic E-state index is 0.288. The van der Waals surface area contributed by atoms with E-state index in [-0.39, 0.29) is 6.10 Å². The molecule has 2 saturated heterocycles. The normalized spacial score (nSPS) is 31.1. The summed E-state index contributed by atoms with van der Waals surface area (Å²) in [5, 5.41) is 4.92. The standard InChI is InChI=1S/C14H17Cl2NO/c15-9-4-10(16)6-13(5-9)18-14-7-11-2-1-3-12(8-14)17-11/h4-6,11-12,14,17H,1-3,7-8H2/t11-,12+,14?. The first-order valence-electron chi connectivity index (χ1n) is 6.58. The molecule has 1 N–H and O–H groups in total. The molecule has 1 aromatic carbocycles. The number of halogens is 2. The first kappa shape index (κ1) is 12.6. The summed E-state index contributed by atoms with van der Waals surface area (Å²) < 4.78 is 6.04. The van der Waals surface area contributed by atoms with Crippen LogP contribution in [0.2, 0.25) is 10.0 Å². The Hall–Kier alpha value is -0.440. The van der Waals surface area contributed by atoms with Crippen molar-refractivity contribution in [2.45, 2.75) is 50.3 Å². The van der Waals surface area contributed by atoms with E-state index in [1.165, 1.54) is 19.3 Å². The fraction of sp³-hybridized carbons (Fsp3) is 0.571. The second kappa shape index (κ2) is 5.28. The Morgan fingerprint density at radius 3 is 2.22 bits per heavy atom. The Labute approximate surface area is 118 Å². The molecule has 98 valence electrons. The number of hydrogen-bond acceptors (Lipinski definition) is 2. The Morgan fingerprint density at radius 2 is 1.61 bits per heavy atom. The van der Waals surface area contributed by atoms with Crippen LogP contribution in [0.1, 0.15) is 32.1 Å². The molecule has 2 aliphatic heterocycles. The van der Waals surface area contributed by atoms with E-state index in [0.29, 0.717) is 22.1 Å². The predicted octanol–water partition coefficient (Wildman–Crippen LogP) is 4.05. The van der Waals surface area contributed by atoms with Crippen LogP contribution in [0.3, 0.4) is 0 Å². The van der Waals surface area contributed by atoms with Crippen LogP contribution in [0.15, 0.2) is 18.2 Å². The number of nitrogens with one attached hydrogen (secondary N) is 1. The molecule has 0 spiro atoms. The van der Waals surface area contributed by atoms with Crippen LogP contribution < -0.4 is 10.1 Å². The molecule has 3 atom stereocenters. The minimum Gasteiger partial charge on any atom is -0.490 e. The van der Waals surface area contributed by atoms with Gasteiger partial charge in [-0.25, -0.2) is 0 Å². The van der Waals surface area contributed by atoms with Gasteiger partial charge in [0.1, 0.15) is 11.9 Å². The third-order valence-corrected chi connectivity index (χ3v) is 4.25. The second-order valence-electron chi connectivity index (χ2n) is 5.31. The molecule has 1 unspecified atom stereocenters. The molecule has 2 bridgehead atoms. The topological polar surface area (TPSA) is 21.3 Å². The highest BCUT2D eigenvalue weighted by Gasteiger charge is 2.32. The Kier molecular flexibility index (Phi) is 3.69. The maximum Gasteiger partial charge on any atom is 0.122 e. The van der Waals surface area contributed by atoms with Crippen LogP contribution >= 0.6 is 23.2 Å². The second-order valence-corrected chi connectivity index (χ2v) is 6.18. The van der Waals surface area contributed by atoms with Crippen molar-refractivity contribution in [1.29, 1.82) is 0 Å². The van der Waals surface area contributed by atoms with E-state index in [4.69, 9.17) is 27.9 Å². The fourth-order valence-electron chi connectivity index (χ4n) is 3.10. The lowest BCUT2D eigenvalue weighted by Gasteiger charge is -2.40. The number of ether oxygens (including phenoxy) is 1. The molecule has 0 aliphatic carbocycles. The number of fused-ring (bicyclic) bond motifs is 2. The minimum atomic E-state index is 0.288. The average Bonchev–Trinajstić information content (AvgIpc) is 2.26. The number of rotatable bonds is 2. The molecule has 0 radical (unpaired) electrons. The monoisotopic (exact) mass is 285 g/mol. The first-order valence-corrected chi connectivity index (χ1v) is 7.33. The van der Waals surface area contributed by atoms with Crippen LogP contribution in [0, 0.1) is 0 Å². The first-order chi connectivity index (χ1) is 8.69. The van der Waals surface area contributed by atoms with Gasteiger partial charge in [-0.05, 0) is 43.9 Å². The molecule has 0 aromatic heterocycles. The SMILES string of the molecule is Clc1cc(Cl)cc(OC2C[C@H]3CCC[C@@H](C2)N3)c1. The molecule has 0 saturated carbocycles. The lowest BCUT2D eigenvalue weighted by Crippen LogP contribution is -2.51. The summed E-state index contributed by atoms with van der Waals surface area (Å²) in [4.78, 5) is 0. The van der Waals surface area contributed by atoms with Gasteiger partial charge in [0.15, 0.2) is 0 Å². The van der Waals surface area contributed by atoms with E-state index >= 15 is 0 Å². The van der Waals surface area contributed by atoms with E-state index in [0.717, 1.165) is 18.6 Å². The number of hydrogen-bond donors (Lipinski definition) is 1. The molecule has 2 aliphatic rings. The van der Waals surface area contributed by atoms with Gasteiger partial charge in [0.05, 0.1) is 0 Å². The van der Waals surface area contributed by atoms with Crippen LogP contribution in [-0.2, 0) is 0 Å². The molecule has 1 aromatic rings. The van der Waals surface area contributed by atoms with Gasteiger partial charge in [0, 0.05) is 22.1 Å². The summed E-state index contributed by atoms with van der Waals surface area (Å²) >= 11 is 12.0. The summed E-state index contributed by atoms with van der Waals surface area (Å²) in [6, 6.07) is 6.65. The van der Waals surface area contributed by atoms with Crippen LogP contribution in [0.4, 0.5) is 0 Å². The number of piperidine rings is 2. The average molecular weight is 286 g/mol. The van der Waals surface area contributed by atoms with Gasteiger partial charge >= 0.3 is 0 Å². The van der Waals surface area contributed by atoms with E-state index in [1.807, 2.05) is 12.1 Å². The molecule has 2 heterocycles. The van der Waals surface area contributed by atoms with Crippen molar-refractivity contribution in [2.24, 2.45) is 0 Å². The van der Waals surface area contributed by atoms with Crippen LogP contribution in [-0.4, -0.2) is 18.2 Å². The highest BCUT2D eigenvalue weighted by Crippen LogP contribution is 2.30. The van der Waals surface area contributed by atoms with E-state index < -0.39 is 0 Å². The number of benzene rings is 1. The highest BCUT2D eigenvalue weighted by atomic mass is 35.5. The van der Waals surface area contributed by atoms with Crippen molar-refractivity contribution in [1.82, 2.24) is 5.32 Å². The lowest BCUT2D eigenvalue weighted by atomic mass is 9.85. The molecule has 0 amide bonds. The van der Waals surface area contributed by atoms with Gasteiger partial charge in [-0.1, -0.05) is 29.6 Å². The summed E-state index contributed by atoms with van der Waals surface area (Å²) in [5.41, 5.74) is 0. The van der Waals surface area contributed by atoms with Crippen molar-refractivity contribution in [2.75, 3.05) is 0 Å². The van der Waals surface area contributed by atoms with Crippen LogP contribution in [0.5, 0.6) is 5.75 Å². The third kappa shape index (κ3) is 2.93. The zero-order valence-corrected chi connectivity index (χ0v) is 11.7. The molecule has 2 fully saturated rings. The Bertz CT molecular complexity index is 406. The molecule has 18 heavy (non-hydrogen) atoms. The molecule has 3 rings (SSSR count). The fourth-order valence-corrected chi connectivity index (χ4v) is 3.60. The van der Waals surface area contributed by atoms with E-state index in [9.17, 15) is 0 Å². The third-order valence-electron chi connectivity index (χ3n) is 3.81. The van der Waals surface area contributed by atoms with Crippen molar-refractivity contribution in [3.63, 3.8) is 0 Å². The molecule has 2 nitrogen and oxygen atoms in total. The largest absolute Gasteiger partial charge is 0.490 e. The summed E-state index contributed by atoms with van der Waals surface area (Å²) in [6.07, 6.45) is 6.34.